The number of carbonyl (C=O) groups excluding carboxylic acids is 1. The Hall–Kier alpha value is -0.570. The fraction of sp³-hybridized carbons (Fsp3) is 0.938. The normalized spacial score (nSPS) is 25.5. The maximum absolute atomic E-state index is 12.3. The maximum atomic E-state index is 12.3. The lowest BCUT2D eigenvalue weighted by molar-refractivity contribution is -0.133. The van der Waals surface area contributed by atoms with Gasteiger partial charge in [-0.1, -0.05) is 32.1 Å². The third-order valence-corrected chi connectivity index (χ3v) is 4.94. The number of hydrogen-bond acceptors (Lipinski definition) is 2. The number of carbonyl (C=O) groups is 1. The summed E-state index contributed by atoms with van der Waals surface area (Å²) >= 11 is 0. The molecule has 1 aliphatic carbocycles. The Balaban J connectivity index is 1.69. The minimum atomic E-state index is 0.396. The van der Waals surface area contributed by atoms with Crippen LogP contribution in [0.4, 0.5) is 0 Å². The summed E-state index contributed by atoms with van der Waals surface area (Å²) in [6.07, 6.45) is 12.2. The largest absolute Gasteiger partial charge is 0.342 e. The molecule has 19 heavy (non-hydrogen) atoms. The second kappa shape index (κ2) is 7.88. The molecule has 110 valence electrons. The topological polar surface area (TPSA) is 46.3 Å². The van der Waals surface area contributed by atoms with Crippen LogP contribution in [-0.2, 0) is 4.79 Å². The van der Waals surface area contributed by atoms with Gasteiger partial charge < -0.3 is 10.6 Å². The Morgan fingerprint density at radius 3 is 2.47 bits per heavy atom. The van der Waals surface area contributed by atoms with Gasteiger partial charge in [0.1, 0.15) is 0 Å². The Morgan fingerprint density at radius 1 is 1.00 bits per heavy atom. The number of nitrogens with zero attached hydrogens (tertiary/aromatic N) is 1. The second-order valence-electron chi connectivity index (χ2n) is 6.47. The van der Waals surface area contributed by atoms with E-state index in [0.717, 1.165) is 44.8 Å². The number of likely N-dealkylation sites (tertiary alicyclic amines) is 1. The van der Waals surface area contributed by atoms with Crippen LogP contribution in [0.25, 0.3) is 0 Å². The summed E-state index contributed by atoms with van der Waals surface area (Å²) in [5.41, 5.74) is 5.63. The molecule has 2 fully saturated rings. The van der Waals surface area contributed by atoms with Crippen molar-refractivity contribution in [2.45, 2.75) is 64.2 Å². The molecular formula is C16H30N2O. The number of piperidine rings is 1. The van der Waals surface area contributed by atoms with Crippen LogP contribution in [0.3, 0.4) is 0 Å². The van der Waals surface area contributed by atoms with Gasteiger partial charge in [-0.25, -0.2) is 0 Å². The summed E-state index contributed by atoms with van der Waals surface area (Å²) in [6.45, 7) is 2.69. The van der Waals surface area contributed by atoms with Gasteiger partial charge in [0.2, 0.25) is 5.91 Å². The average Bonchev–Trinajstić information content (AvgIpc) is 2.46. The van der Waals surface area contributed by atoms with Crippen molar-refractivity contribution >= 4 is 5.91 Å². The smallest absolute Gasteiger partial charge is 0.222 e. The molecule has 1 saturated heterocycles. The van der Waals surface area contributed by atoms with Gasteiger partial charge in [0.25, 0.3) is 0 Å². The molecule has 3 heteroatoms. The quantitative estimate of drug-likeness (QED) is 0.831. The van der Waals surface area contributed by atoms with Gasteiger partial charge in [0.05, 0.1) is 0 Å². The molecule has 1 heterocycles. The van der Waals surface area contributed by atoms with Crippen molar-refractivity contribution in [2.24, 2.45) is 17.6 Å². The van der Waals surface area contributed by atoms with Gasteiger partial charge in [-0.05, 0) is 44.1 Å². The van der Waals surface area contributed by atoms with Crippen LogP contribution in [0, 0.1) is 11.8 Å². The van der Waals surface area contributed by atoms with Crippen LogP contribution in [0.1, 0.15) is 64.2 Å². The van der Waals surface area contributed by atoms with Crippen molar-refractivity contribution in [3.8, 4) is 0 Å². The third kappa shape index (κ3) is 4.79. The van der Waals surface area contributed by atoms with Crippen LogP contribution in [0.15, 0.2) is 0 Å². The molecule has 1 aliphatic heterocycles. The highest BCUT2D eigenvalue weighted by molar-refractivity contribution is 5.76. The van der Waals surface area contributed by atoms with Crippen molar-refractivity contribution in [3.05, 3.63) is 0 Å². The molecule has 0 radical (unpaired) electrons. The zero-order chi connectivity index (χ0) is 13.5. The lowest BCUT2D eigenvalue weighted by Gasteiger charge is -2.33. The van der Waals surface area contributed by atoms with E-state index >= 15 is 0 Å². The molecule has 2 N–H and O–H groups in total. The summed E-state index contributed by atoms with van der Waals surface area (Å²) in [5.74, 6) is 1.87. The van der Waals surface area contributed by atoms with Gasteiger partial charge in [0, 0.05) is 19.5 Å². The average molecular weight is 266 g/mol. The van der Waals surface area contributed by atoms with Gasteiger partial charge in [-0.15, -0.1) is 0 Å². The first-order valence-corrected chi connectivity index (χ1v) is 8.27. The number of nitrogens with two attached hydrogens (primary N) is 1. The van der Waals surface area contributed by atoms with Crippen molar-refractivity contribution in [2.75, 3.05) is 19.6 Å². The molecule has 1 saturated carbocycles. The molecule has 1 atom stereocenters. The van der Waals surface area contributed by atoms with Gasteiger partial charge >= 0.3 is 0 Å². The van der Waals surface area contributed by atoms with Crippen LogP contribution < -0.4 is 5.73 Å². The van der Waals surface area contributed by atoms with E-state index in [1.165, 1.54) is 44.9 Å². The molecule has 0 spiro atoms. The molecule has 0 aromatic rings. The van der Waals surface area contributed by atoms with E-state index in [9.17, 15) is 4.79 Å². The molecule has 1 amide bonds. The van der Waals surface area contributed by atoms with Gasteiger partial charge in [0.15, 0.2) is 0 Å². The first-order valence-electron chi connectivity index (χ1n) is 8.27. The fourth-order valence-corrected chi connectivity index (χ4v) is 3.72. The van der Waals surface area contributed by atoms with E-state index in [4.69, 9.17) is 5.73 Å². The first kappa shape index (κ1) is 14.8. The SMILES string of the molecule is NCCC1CCCN(C(=O)CCC2CCCCC2)C1. The Labute approximate surface area is 117 Å². The number of hydrogen-bond donors (Lipinski definition) is 1. The molecule has 0 aromatic heterocycles. The summed E-state index contributed by atoms with van der Waals surface area (Å²) < 4.78 is 0. The number of rotatable bonds is 5. The summed E-state index contributed by atoms with van der Waals surface area (Å²) in [6, 6.07) is 0. The van der Waals surface area contributed by atoms with E-state index in [1.54, 1.807) is 0 Å². The van der Waals surface area contributed by atoms with Gasteiger partial charge in [-0.2, -0.15) is 0 Å². The lowest BCUT2D eigenvalue weighted by Crippen LogP contribution is -2.40. The molecular weight excluding hydrogens is 236 g/mol. The minimum absolute atomic E-state index is 0.396. The lowest BCUT2D eigenvalue weighted by atomic mass is 9.86. The maximum Gasteiger partial charge on any atom is 0.222 e. The molecule has 0 bridgehead atoms. The molecule has 3 nitrogen and oxygen atoms in total. The first-order chi connectivity index (χ1) is 9.29. The number of amides is 1. The van der Waals surface area contributed by atoms with E-state index in [-0.39, 0.29) is 0 Å². The summed E-state index contributed by atoms with van der Waals surface area (Å²) in [7, 11) is 0. The van der Waals surface area contributed by atoms with E-state index in [2.05, 4.69) is 4.90 Å². The summed E-state index contributed by atoms with van der Waals surface area (Å²) in [5, 5.41) is 0. The highest BCUT2D eigenvalue weighted by Gasteiger charge is 2.23. The van der Waals surface area contributed by atoms with E-state index < -0.39 is 0 Å². The molecule has 2 rings (SSSR count). The van der Waals surface area contributed by atoms with Crippen molar-refractivity contribution in [3.63, 3.8) is 0 Å². The summed E-state index contributed by atoms with van der Waals surface area (Å²) in [4.78, 5) is 14.4. The Kier molecular flexibility index (Phi) is 6.15. The predicted molar refractivity (Wildman–Crippen MR) is 78.8 cm³/mol. The Morgan fingerprint density at radius 2 is 1.74 bits per heavy atom. The van der Waals surface area contributed by atoms with Crippen molar-refractivity contribution in [1.82, 2.24) is 4.90 Å². The van der Waals surface area contributed by atoms with Crippen molar-refractivity contribution < 1.29 is 4.79 Å². The third-order valence-electron chi connectivity index (χ3n) is 4.94. The van der Waals surface area contributed by atoms with Crippen molar-refractivity contribution in [1.29, 1.82) is 0 Å². The van der Waals surface area contributed by atoms with E-state index in [0.29, 0.717) is 11.8 Å². The zero-order valence-corrected chi connectivity index (χ0v) is 12.3. The highest BCUT2D eigenvalue weighted by atomic mass is 16.2. The fourth-order valence-electron chi connectivity index (χ4n) is 3.72. The Bertz CT molecular complexity index is 272. The predicted octanol–water partition coefficient (Wildman–Crippen LogP) is 2.93. The second-order valence-corrected chi connectivity index (χ2v) is 6.47. The van der Waals surface area contributed by atoms with E-state index in [1.807, 2.05) is 0 Å². The highest BCUT2D eigenvalue weighted by Crippen LogP contribution is 2.28. The minimum Gasteiger partial charge on any atom is -0.342 e. The molecule has 0 aromatic carbocycles. The van der Waals surface area contributed by atoms with Gasteiger partial charge in [-0.3, -0.25) is 4.79 Å². The monoisotopic (exact) mass is 266 g/mol. The molecule has 1 unspecified atom stereocenters. The van der Waals surface area contributed by atoms with Crippen LogP contribution in [-0.4, -0.2) is 30.4 Å². The standard InChI is InChI=1S/C16H30N2O/c17-11-10-15-7-4-12-18(13-15)16(19)9-8-14-5-2-1-3-6-14/h14-15H,1-13,17H2. The van der Waals surface area contributed by atoms with Crippen LogP contribution in [0.5, 0.6) is 0 Å². The van der Waals surface area contributed by atoms with Crippen LogP contribution in [0.2, 0.25) is 0 Å². The van der Waals surface area contributed by atoms with Crippen LogP contribution >= 0.6 is 0 Å². The molecule has 2 aliphatic rings. The zero-order valence-electron chi connectivity index (χ0n) is 12.3.